The quantitative estimate of drug-likeness (QED) is 0.622. The Morgan fingerprint density at radius 1 is 1.35 bits per heavy atom. The topological polar surface area (TPSA) is 47.0 Å². The number of methoxy groups -OCH3 is 1. The largest absolute Gasteiger partial charge is 0.496 e. The molecule has 0 atom stereocenters. The molecule has 2 rings (SSSR count). The lowest BCUT2D eigenvalue weighted by Crippen LogP contribution is -1.98. The molecule has 0 unspecified atom stereocenters. The highest BCUT2D eigenvalue weighted by atomic mass is 32.2. The van der Waals surface area contributed by atoms with Crippen molar-refractivity contribution in [1.29, 1.82) is 0 Å². The smallest absolute Gasteiger partial charge is 0.289 e. The number of rotatable bonds is 9. The molecule has 0 aliphatic heterocycles. The van der Waals surface area contributed by atoms with Gasteiger partial charge in [0.15, 0.2) is 4.34 Å². The van der Waals surface area contributed by atoms with Crippen molar-refractivity contribution in [2.24, 2.45) is 0 Å². The Labute approximate surface area is 146 Å². The number of halogens is 2. The van der Waals surface area contributed by atoms with Gasteiger partial charge in [0.2, 0.25) is 5.13 Å². The number of nitrogens with one attached hydrogen (secondary N) is 1. The third-order valence-electron chi connectivity index (χ3n) is 2.74. The number of hydrogen-bond acceptors (Lipinski definition) is 7. The molecule has 0 radical (unpaired) electrons. The summed E-state index contributed by atoms with van der Waals surface area (Å²) in [5, 5.41) is 12.2. The maximum Gasteiger partial charge on any atom is 0.289 e. The van der Waals surface area contributed by atoms with Gasteiger partial charge >= 0.3 is 0 Å². The third kappa shape index (κ3) is 5.82. The predicted molar refractivity (Wildman–Crippen MR) is 93.1 cm³/mol. The lowest BCUT2D eigenvalue weighted by Gasteiger charge is -2.09. The number of thioether (sulfide) groups is 2. The number of benzene rings is 1. The summed E-state index contributed by atoms with van der Waals surface area (Å²) in [4.78, 5) is 0.443. The van der Waals surface area contributed by atoms with E-state index in [9.17, 15) is 8.78 Å². The average molecular weight is 378 g/mol. The molecule has 1 aromatic heterocycles. The molecule has 0 aliphatic rings. The molecule has 23 heavy (non-hydrogen) atoms. The first-order valence-corrected chi connectivity index (χ1v) is 9.62. The molecule has 0 amide bonds. The van der Waals surface area contributed by atoms with Gasteiger partial charge in [-0.1, -0.05) is 47.9 Å². The molecule has 126 valence electrons. The van der Waals surface area contributed by atoms with E-state index in [-0.39, 0.29) is 0 Å². The van der Waals surface area contributed by atoms with Gasteiger partial charge in [0, 0.05) is 12.3 Å². The minimum atomic E-state index is -2.46. The van der Waals surface area contributed by atoms with Crippen molar-refractivity contribution in [2.45, 2.75) is 34.1 Å². The van der Waals surface area contributed by atoms with Crippen LogP contribution in [0.1, 0.15) is 18.9 Å². The zero-order valence-corrected chi connectivity index (χ0v) is 15.2. The summed E-state index contributed by atoms with van der Waals surface area (Å²) in [6, 6.07) is 5.28. The SMILES string of the molecule is CCCNc1nnc(SCc2ccc(SC(F)F)c(OC)c2)s1. The second-order valence-corrected chi connectivity index (χ2v) is 7.68. The Hall–Kier alpha value is -1.06. The van der Waals surface area contributed by atoms with E-state index < -0.39 is 5.76 Å². The molecule has 0 bridgehead atoms. The Morgan fingerprint density at radius 3 is 2.87 bits per heavy atom. The second-order valence-electron chi connectivity index (χ2n) is 4.45. The second kappa shape index (κ2) is 9.29. The van der Waals surface area contributed by atoms with Crippen LogP contribution in [0.2, 0.25) is 0 Å². The van der Waals surface area contributed by atoms with E-state index >= 15 is 0 Å². The summed E-state index contributed by atoms with van der Waals surface area (Å²) >= 11 is 3.56. The molecule has 0 aliphatic carbocycles. The van der Waals surface area contributed by atoms with Crippen molar-refractivity contribution in [3.63, 3.8) is 0 Å². The maximum absolute atomic E-state index is 12.5. The van der Waals surface area contributed by atoms with Gasteiger partial charge in [-0.25, -0.2) is 0 Å². The third-order valence-corrected chi connectivity index (χ3v) is 5.59. The van der Waals surface area contributed by atoms with Crippen LogP contribution in [-0.4, -0.2) is 29.6 Å². The van der Waals surface area contributed by atoms with E-state index in [0.717, 1.165) is 28.0 Å². The predicted octanol–water partition coefficient (Wildman–Crippen LogP) is 4.98. The summed E-state index contributed by atoms with van der Waals surface area (Å²) < 4.78 is 31.0. The van der Waals surface area contributed by atoms with Crippen LogP contribution in [0.25, 0.3) is 0 Å². The fourth-order valence-electron chi connectivity index (χ4n) is 1.71. The summed E-state index contributed by atoms with van der Waals surface area (Å²) in [7, 11) is 1.48. The monoisotopic (exact) mass is 377 g/mol. The van der Waals surface area contributed by atoms with Crippen LogP contribution in [0.15, 0.2) is 27.4 Å². The Balaban J connectivity index is 1.96. The number of aromatic nitrogens is 2. The number of hydrogen-bond donors (Lipinski definition) is 1. The molecular formula is C14H17F2N3OS3. The van der Waals surface area contributed by atoms with Crippen LogP contribution in [0, 0.1) is 0 Å². The number of ether oxygens (including phenoxy) is 1. The Bertz CT molecular complexity index is 625. The minimum Gasteiger partial charge on any atom is -0.496 e. The molecule has 9 heteroatoms. The van der Waals surface area contributed by atoms with Gasteiger partial charge < -0.3 is 10.1 Å². The lowest BCUT2D eigenvalue weighted by atomic mass is 10.2. The summed E-state index contributed by atoms with van der Waals surface area (Å²) in [5.41, 5.74) is 0.990. The van der Waals surface area contributed by atoms with Crippen LogP contribution in [0.3, 0.4) is 0 Å². The Morgan fingerprint density at radius 2 is 2.17 bits per heavy atom. The van der Waals surface area contributed by atoms with Crippen LogP contribution >= 0.6 is 34.9 Å². The van der Waals surface area contributed by atoms with Crippen molar-refractivity contribution in [3.05, 3.63) is 23.8 Å². The standard InChI is InChI=1S/C14H17F2N3OS3/c1-3-6-17-13-18-19-14(23-13)21-8-9-4-5-11(22-12(15)16)10(7-9)20-2/h4-5,7,12H,3,6,8H2,1-2H3,(H,17,18). The summed E-state index contributed by atoms with van der Waals surface area (Å²) in [6.45, 7) is 2.97. The van der Waals surface area contributed by atoms with Crippen LogP contribution in [0.5, 0.6) is 5.75 Å². The first-order valence-electron chi connectivity index (χ1n) is 6.94. The fraction of sp³-hybridized carbons (Fsp3) is 0.429. The van der Waals surface area contributed by atoms with Crippen LogP contribution in [-0.2, 0) is 5.75 Å². The molecule has 2 aromatic rings. The molecule has 0 saturated heterocycles. The van der Waals surface area contributed by atoms with Gasteiger partial charge in [-0.2, -0.15) is 8.78 Å². The van der Waals surface area contributed by atoms with Crippen molar-refractivity contribution < 1.29 is 13.5 Å². The highest BCUT2D eigenvalue weighted by Gasteiger charge is 2.12. The van der Waals surface area contributed by atoms with E-state index in [0.29, 0.717) is 28.2 Å². The Kier molecular flexibility index (Phi) is 7.38. The molecule has 1 heterocycles. The lowest BCUT2D eigenvalue weighted by molar-refractivity contribution is 0.251. The molecule has 1 aromatic carbocycles. The van der Waals surface area contributed by atoms with Gasteiger partial charge in [0.05, 0.1) is 12.0 Å². The maximum atomic E-state index is 12.5. The number of nitrogens with zero attached hydrogens (tertiary/aromatic N) is 2. The molecule has 0 fully saturated rings. The highest BCUT2D eigenvalue weighted by molar-refractivity contribution is 8.00. The van der Waals surface area contributed by atoms with Gasteiger partial charge in [0.25, 0.3) is 5.76 Å². The first-order chi connectivity index (χ1) is 11.1. The zero-order chi connectivity index (χ0) is 16.7. The molecular weight excluding hydrogens is 360 g/mol. The van der Waals surface area contributed by atoms with Gasteiger partial charge in [-0.05, 0) is 24.1 Å². The van der Waals surface area contributed by atoms with Crippen molar-refractivity contribution in [2.75, 3.05) is 19.0 Å². The van der Waals surface area contributed by atoms with Crippen LogP contribution in [0.4, 0.5) is 13.9 Å². The van der Waals surface area contributed by atoms with Gasteiger partial charge in [-0.15, -0.1) is 10.2 Å². The minimum absolute atomic E-state index is 0.443. The van der Waals surface area contributed by atoms with E-state index in [2.05, 4.69) is 22.4 Å². The highest BCUT2D eigenvalue weighted by Crippen LogP contribution is 2.35. The molecule has 4 nitrogen and oxygen atoms in total. The van der Waals surface area contributed by atoms with Crippen LogP contribution < -0.4 is 10.1 Å². The van der Waals surface area contributed by atoms with Crippen molar-refractivity contribution in [3.8, 4) is 5.75 Å². The summed E-state index contributed by atoms with van der Waals surface area (Å²) in [6.07, 6.45) is 1.03. The van der Waals surface area contributed by atoms with E-state index in [4.69, 9.17) is 4.74 Å². The average Bonchev–Trinajstić information content (AvgIpc) is 2.99. The van der Waals surface area contributed by atoms with Gasteiger partial charge in [-0.3, -0.25) is 0 Å². The molecule has 1 N–H and O–H groups in total. The normalized spacial score (nSPS) is 11.0. The summed E-state index contributed by atoms with van der Waals surface area (Å²) in [5.74, 6) is -1.31. The zero-order valence-electron chi connectivity index (χ0n) is 12.7. The molecule has 0 spiro atoms. The van der Waals surface area contributed by atoms with E-state index in [1.165, 1.54) is 18.4 Å². The number of anilines is 1. The van der Waals surface area contributed by atoms with Crippen molar-refractivity contribution >= 4 is 40.0 Å². The molecule has 0 saturated carbocycles. The fourth-order valence-corrected chi connectivity index (χ4v) is 4.03. The van der Waals surface area contributed by atoms with E-state index in [1.54, 1.807) is 23.9 Å². The van der Waals surface area contributed by atoms with Crippen molar-refractivity contribution in [1.82, 2.24) is 10.2 Å². The van der Waals surface area contributed by atoms with Gasteiger partial charge in [0.1, 0.15) is 5.75 Å². The van der Waals surface area contributed by atoms with E-state index in [1.807, 2.05) is 6.07 Å². The number of alkyl halides is 2. The first kappa shape index (κ1) is 18.3.